The molecule has 10 nitrogen and oxygen atoms in total. The van der Waals surface area contributed by atoms with E-state index < -0.39 is 11.1 Å². The number of para-hydroxylation sites is 1. The van der Waals surface area contributed by atoms with Crippen molar-refractivity contribution in [2.24, 2.45) is 0 Å². The molecule has 140 valence electrons. The number of thioether (sulfide) groups is 1. The van der Waals surface area contributed by atoms with E-state index in [0.717, 1.165) is 11.8 Å². The summed E-state index contributed by atoms with van der Waals surface area (Å²) in [6.07, 6.45) is 3.17. The number of benzene rings is 1. The number of carbonyl (C=O) groups is 2. The monoisotopic (exact) mass is 395 g/mol. The summed E-state index contributed by atoms with van der Waals surface area (Å²) in [5, 5.41) is 5.30. The molecule has 3 N–H and O–H groups in total. The zero-order valence-electron chi connectivity index (χ0n) is 14.3. The van der Waals surface area contributed by atoms with Gasteiger partial charge in [0.15, 0.2) is 5.82 Å². The third kappa shape index (κ3) is 3.88. The predicted molar refractivity (Wildman–Crippen MR) is 103 cm³/mol. The number of rotatable bonds is 5. The van der Waals surface area contributed by atoms with E-state index in [1.54, 1.807) is 18.2 Å². The largest absolute Gasteiger partial charge is 0.354 e. The number of amides is 2. The quantitative estimate of drug-likeness (QED) is 0.541. The summed E-state index contributed by atoms with van der Waals surface area (Å²) in [4.78, 5) is 54.4. The molecule has 0 spiro atoms. The fourth-order valence-corrected chi connectivity index (χ4v) is 3.20. The van der Waals surface area contributed by atoms with Gasteiger partial charge in [0.2, 0.25) is 5.95 Å². The summed E-state index contributed by atoms with van der Waals surface area (Å²) in [5.41, 5.74) is 0.453. The van der Waals surface area contributed by atoms with Gasteiger partial charge in [-0.2, -0.15) is 4.98 Å². The number of hydrogen-bond donors (Lipinski definition) is 3. The van der Waals surface area contributed by atoms with Gasteiger partial charge in [0.05, 0.1) is 15.8 Å². The standard InChI is InChI=1S/C17H13N7O3S/c25-14-9-3-1-2-4-10(9)21-12(22-14)5-6-18-16-20-8-19-13(23-16)7-11-15(26)24-17(27)28-11/h1-4,7-8H,5-6H2,(H,21,22,25)(H,24,26,27)(H,18,19,20,23)/b11-7+. The van der Waals surface area contributed by atoms with Crippen LogP contribution >= 0.6 is 11.8 Å². The zero-order valence-corrected chi connectivity index (χ0v) is 15.1. The molecule has 11 heteroatoms. The van der Waals surface area contributed by atoms with Crippen LogP contribution in [0.15, 0.2) is 40.3 Å². The van der Waals surface area contributed by atoms with Gasteiger partial charge in [-0.05, 0) is 23.9 Å². The van der Waals surface area contributed by atoms with Gasteiger partial charge < -0.3 is 10.3 Å². The molecule has 1 saturated heterocycles. The number of nitrogens with zero attached hydrogens (tertiary/aromatic N) is 4. The van der Waals surface area contributed by atoms with Crippen molar-refractivity contribution in [2.75, 3.05) is 11.9 Å². The molecule has 3 aromatic rings. The van der Waals surface area contributed by atoms with Gasteiger partial charge >= 0.3 is 0 Å². The molecule has 28 heavy (non-hydrogen) atoms. The highest BCUT2D eigenvalue weighted by atomic mass is 32.2. The lowest BCUT2D eigenvalue weighted by Gasteiger charge is -2.05. The average molecular weight is 395 g/mol. The van der Waals surface area contributed by atoms with Crippen LogP contribution in [0, 0.1) is 0 Å². The Labute approximate surface area is 161 Å². The molecule has 0 unspecified atom stereocenters. The van der Waals surface area contributed by atoms with Crippen LogP contribution in [-0.4, -0.2) is 42.6 Å². The van der Waals surface area contributed by atoms with Gasteiger partial charge in [-0.3, -0.25) is 19.7 Å². The highest BCUT2D eigenvalue weighted by Gasteiger charge is 2.25. The normalized spacial score (nSPS) is 15.2. The maximum atomic E-state index is 12.1. The number of hydrogen-bond acceptors (Lipinski definition) is 9. The topological polar surface area (TPSA) is 143 Å². The second kappa shape index (κ2) is 7.56. The fraction of sp³-hybridized carbons (Fsp3) is 0.118. The number of nitrogens with one attached hydrogen (secondary N) is 3. The minimum absolute atomic E-state index is 0.184. The molecule has 2 amide bonds. The summed E-state index contributed by atoms with van der Waals surface area (Å²) in [5.74, 6) is 0.628. The number of aromatic amines is 1. The Kier molecular flexibility index (Phi) is 4.81. The lowest BCUT2D eigenvalue weighted by Crippen LogP contribution is -2.18. The maximum Gasteiger partial charge on any atom is 0.290 e. The second-order valence-corrected chi connectivity index (χ2v) is 6.74. The smallest absolute Gasteiger partial charge is 0.290 e. The van der Waals surface area contributed by atoms with Gasteiger partial charge in [-0.15, -0.1) is 0 Å². The fourth-order valence-electron chi connectivity index (χ4n) is 2.55. The molecule has 1 aliphatic heterocycles. The van der Waals surface area contributed by atoms with Gasteiger partial charge in [-0.25, -0.2) is 15.0 Å². The van der Waals surface area contributed by atoms with Crippen molar-refractivity contribution < 1.29 is 9.59 Å². The van der Waals surface area contributed by atoms with Crippen LogP contribution in [0.5, 0.6) is 0 Å². The van der Waals surface area contributed by atoms with E-state index in [4.69, 9.17) is 0 Å². The molecule has 2 aromatic heterocycles. The summed E-state index contributed by atoms with van der Waals surface area (Å²) in [7, 11) is 0. The van der Waals surface area contributed by atoms with Crippen LogP contribution in [0.3, 0.4) is 0 Å². The minimum atomic E-state index is -0.476. The summed E-state index contributed by atoms with van der Waals surface area (Å²) in [6.45, 7) is 0.426. The summed E-state index contributed by atoms with van der Waals surface area (Å²) in [6, 6.07) is 7.13. The first-order chi connectivity index (χ1) is 13.6. The Morgan fingerprint density at radius 2 is 1.96 bits per heavy atom. The van der Waals surface area contributed by atoms with Crippen LogP contribution in [0.25, 0.3) is 17.0 Å². The Balaban J connectivity index is 1.43. The van der Waals surface area contributed by atoms with Crippen LogP contribution in [-0.2, 0) is 11.2 Å². The van der Waals surface area contributed by atoms with Crippen LogP contribution < -0.4 is 16.2 Å². The first-order valence-electron chi connectivity index (χ1n) is 8.24. The number of fused-ring (bicyclic) bond motifs is 1. The second-order valence-electron chi connectivity index (χ2n) is 5.73. The van der Waals surface area contributed by atoms with Crippen molar-refractivity contribution >= 4 is 45.8 Å². The molecule has 1 aliphatic rings. The zero-order chi connectivity index (χ0) is 19.5. The van der Waals surface area contributed by atoms with E-state index in [2.05, 4.69) is 35.6 Å². The molecule has 0 radical (unpaired) electrons. The van der Waals surface area contributed by atoms with Gasteiger partial charge in [0.25, 0.3) is 16.7 Å². The molecule has 0 saturated carbocycles. The van der Waals surface area contributed by atoms with Gasteiger partial charge in [-0.1, -0.05) is 12.1 Å². The van der Waals surface area contributed by atoms with E-state index in [9.17, 15) is 14.4 Å². The number of imide groups is 1. The van der Waals surface area contributed by atoms with Crippen molar-refractivity contribution in [1.82, 2.24) is 30.2 Å². The summed E-state index contributed by atoms with van der Waals surface area (Å²) < 4.78 is 0. The van der Waals surface area contributed by atoms with Crippen molar-refractivity contribution in [1.29, 1.82) is 0 Å². The molecule has 1 aromatic carbocycles. The molecule has 0 atom stereocenters. The van der Waals surface area contributed by atoms with Crippen molar-refractivity contribution in [2.45, 2.75) is 6.42 Å². The van der Waals surface area contributed by atoms with Crippen molar-refractivity contribution in [3.8, 4) is 0 Å². The molecule has 0 bridgehead atoms. The third-order valence-corrected chi connectivity index (χ3v) is 4.61. The van der Waals surface area contributed by atoms with E-state index in [0.29, 0.717) is 35.6 Å². The van der Waals surface area contributed by atoms with Crippen molar-refractivity contribution in [3.05, 3.63) is 57.5 Å². The average Bonchev–Trinajstić information content (AvgIpc) is 2.99. The molecule has 0 aliphatic carbocycles. The predicted octanol–water partition coefficient (Wildman–Crippen LogP) is 1.09. The summed E-state index contributed by atoms with van der Waals surface area (Å²) >= 11 is 0.790. The lowest BCUT2D eigenvalue weighted by molar-refractivity contribution is -0.115. The minimum Gasteiger partial charge on any atom is -0.354 e. The molecular weight excluding hydrogens is 382 g/mol. The Morgan fingerprint density at radius 1 is 1.11 bits per heavy atom. The Bertz CT molecular complexity index is 1170. The molecular formula is C17H13N7O3S. The number of anilines is 1. The number of H-pyrrole nitrogens is 1. The maximum absolute atomic E-state index is 12.1. The molecule has 4 rings (SSSR count). The highest BCUT2D eigenvalue weighted by molar-refractivity contribution is 8.18. The first-order valence-corrected chi connectivity index (χ1v) is 9.06. The molecule has 1 fully saturated rings. The lowest BCUT2D eigenvalue weighted by atomic mass is 10.2. The highest BCUT2D eigenvalue weighted by Crippen LogP contribution is 2.24. The third-order valence-electron chi connectivity index (χ3n) is 3.80. The van der Waals surface area contributed by atoms with Crippen molar-refractivity contribution in [3.63, 3.8) is 0 Å². The van der Waals surface area contributed by atoms with Gasteiger partial charge in [0.1, 0.15) is 12.2 Å². The van der Waals surface area contributed by atoms with E-state index in [1.807, 2.05) is 6.07 Å². The number of aromatic nitrogens is 5. The van der Waals surface area contributed by atoms with Crippen LogP contribution in [0.2, 0.25) is 0 Å². The van der Waals surface area contributed by atoms with Crippen LogP contribution in [0.1, 0.15) is 11.6 Å². The van der Waals surface area contributed by atoms with E-state index >= 15 is 0 Å². The number of carbonyl (C=O) groups excluding carboxylic acids is 2. The molecule has 3 heterocycles. The Hall–Kier alpha value is -3.60. The Morgan fingerprint density at radius 3 is 2.79 bits per heavy atom. The SMILES string of the molecule is O=C1NC(=O)/C(=C\c2ncnc(NCCc3nc4ccccc4c(=O)[nH]3)n2)S1. The first kappa shape index (κ1) is 17.8. The van der Waals surface area contributed by atoms with E-state index in [1.165, 1.54) is 12.4 Å². The van der Waals surface area contributed by atoms with E-state index in [-0.39, 0.29) is 16.3 Å². The van der Waals surface area contributed by atoms with Crippen LogP contribution in [0.4, 0.5) is 10.7 Å². The van der Waals surface area contributed by atoms with Gasteiger partial charge in [0, 0.05) is 19.0 Å².